The number of halogens is 1. The predicted molar refractivity (Wildman–Crippen MR) is 123 cm³/mol. The van der Waals surface area contributed by atoms with E-state index in [9.17, 15) is 4.79 Å². The molecule has 0 aliphatic carbocycles. The summed E-state index contributed by atoms with van der Waals surface area (Å²) in [7, 11) is -0.616. The highest BCUT2D eigenvalue weighted by Gasteiger charge is 2.52. The molecule has 0 unspecified atom stereocenters. The zero-order chi connectivity index (χ0) is 22.6. The van der Waals surface area contributed by atoms with E-state index in [4.69, 9.17) is 25.6 Å². The molecular weight excluding hydrogens is 415 g/mol. The Morgan fingerprint density at radius 3 is 2.45 bits per heavy atom. The van der Waals surface area contributed by atoms with Crippen LogP contribution in [-0.2, 0) is 20.7 Å². The molecule has 0 saturated carbocycles. The molecule has 2 aromatic rings. The highest BCUT2D eigenvalue weighted by atomic mass is 35.5. The zero-order valence-electron chi connectivity index (χ0n) is 18.6. The molecule has 31 heavy (non-hydrogen) atoms. The molecule has 0 radical (unpaired) electrons. The number of carbonyl (C=O) groups is 1. The van der Waals surface area contributed by atoms with Crippen LogP contribution in [0.25, 0.3) is 6.08 Å². The first-order valence-corrected chi connectivity index (χ1v) is 10.6. The van der Waals surface area contributed by atoms with Gasteiger partial charge in [-0.05, 0) is 62.8 Å². The monoisotopic (exact) mass is 442 g/mol. The molecule has 1 aromatic heterocycles. The van der Waals surface area contributed by atoms with E-state index in [2.05, 4.69) is 10.3 Å². The Bertz CT molecular complexity index is 947. The second kappa shape index (κ2) is 9.43. The number of nitrogens with zero attached hydrogens (tertiary/aromatic N) is 1. The Labute approximate surface area is 189 Å². The quantitative estimate of drug-likeness (QED) is 0.504. The Kier molecular flexibility index (Phi) is 7.09. The number of hydrogen-bond donors (Lipinski definition) is 1. The third kappa shape index (κ3) is 5.88. The lowest BCUT2D eigenvalue weighted by Gasteiger charge is -2.32. The molecule has 8 heteroatoms. The van der Waals surface area contributed by atoms with Gasteiger partial charge in [-0.25, -0.2) is 9.78 Å². The van der Waals surface area contributed by atoms with Crippen LogP contribution in [0.3, 0.4) is 0 Å². The van der Waals surface area contributed by atoms with E-state index in [1.165, 1.54) is 0 Å². The van der Waals surface area contributed by atoms with Crippen LogP contribution < -0.4 is 5.32 Å². The molecule has 6 nitrogen and oxygen atoms in total. The summed E-state index contributed by atoms with van der Waals surface area (Å²) >= 11 is 5.99. The lowest BCUT2D eigenvalue weighted by atomic mass is 9.77. The first-order valence-electron chi connectivity index (χ1n) is 10.2. The fourth-order valence-electron chi connectivity index (χ4n) is 3.03. The Morgan fingerprint density at radius 2 is 1.84 bits per heavy atom. The number of nitrogens with one attached hydrogen (secondary N) is 1. The van der Waals surface area contributed by atoms with E-state index in [1.54, 1.807) is 12.3 Å². The predicted octanol–water partition coefficient (Wildman–Crippen LogP) is 4.98. The number of carbonyl (C=O) groups excluding carboxylic acids is 1. The second-order valence-corrected chi connectivity index (χ2v) is 8.97. The summed E-state index contributed by atoms with van der Waals surface area (Å²) in [5.74, 6) is 0. The fraction of sp³-hybridized carbons (Fsp3) is 0.391. The highest BCUT2D eigenvalue weighted by Crippen LogP contribution is 2.38. The fourth-order valence-corrected chi connectivity index (χ4v) is 3.24. The second-order valence-electron chi connectivity index (χ2n) is 8.59. The van der Waals surface area contributed by atoms with Gasteiger partial charge < -0.3 is 19.4 Å². The summed E-state index contributed by atoms with van der Waals surface area (Å²) < 4.78 is 17.7. The average Bonchev–Trinajstić information content (AvgIpc) is 2.93. The minimum Gasteiger partial charge on any atom is -0.445 e. The van der Waals surface area contributed by atoms with Gasteiger partial charge in [0.05, 0.1) is 11.2 Å². The lowest BCUT2D eigenvalue weighted by molar-refractivity contribution is 0.00578. The number of alkyl carbamates (subject to hydrolysis) is 1. The Balaban J connectivity index is 1.74. The molecule has 0 bridgehead atoms. The van der Waals surface area contributed by atoms with Crippen LogP contribution >= 0.6 is 11.6 Å². The van der Waals surface area contributed by atoms with Crippen molar-refractivity contribution in [1.29, 1.82) is 0 Å². The SMILES string of the molecule is Cc1cc(Cl)ncc1C=C(CNC(=O)OCc1ccccc1)B1OC(C)(C)C(C)(C)O1. The number of aryl methyl sites for hydroxylation is 1. The summed E-state index contributed by atoms with van der Waals surface area (Å²) in [4.78, 5) is 16.4. The average molecular weight is 443 g/mol. The van der Waals surface area contributed by atoms with Crippen LogP contribution in [0.15, 0.2) is 48.1 Å². The number of benzene rings is 1. The van der Waals surface area contributed by atoms with E-state index in [-0.39, 0.29) is 13.2 Å². The molecule has 0 atom stereocenters. The van der Waals surface area contributed by atoms with E-state index in [0.717, 1.165) is 22.2 Å². The summed E-state index contributed by atoms with van der Waals surface area (Å²) in [6.45, 7) is 10.3. The van der Waals surface area contributed by atoms with Crippen LogP contribution in [0.4, 0.5) is 4.79 Å². The molecule has 1 aliphatic heterocycles. The van der Waals surface area contributed by atoms with Gasteiger partial charge >= 0.3 is 13.2 Å². The smallest absolute Gasteiger partial charge is 0.445 e. The van der Waals surface area contributed by atoms with Crippen molar-refractivity contribution in [2.45, 2.75) is 52.4 Å². The normalized spacial score (nSPS) is 17.5. The van der Waals surface area contributed by atoms with E-state index in [1.807, 2.05) is 71.0 Å². The lowest BCUT2D eigenvalue weighted by Crippen LogP contribution is -2.41. The van der Waals surface area contributed by atoms with Gasteiger partial charge in [0, 0.05) is 12.7 Å². The van der Waals surface area contributed by atoms with E-state index < -0.39 is 24.4 Å². The van der Waals surface area contributed by atoms with Gasteiger partial charge in [-0.3, -0.25) is 0 Å². The first kappa shape index (κ1) is 23.3. The number of rotatable bonds is 6. The maximum Gasteiger partial charge on any atom is 0.492 e. The minimum absolute atomic E-state index is 0.197. The van der Waals surface area contributed by atoms with Crippen molar-refractivity contribution < 1.29 is 18.8 Å². The van der Waals surface area contributed by atoms with Crippen LogP contribution in [-0.4, -0.2) is 35.9 Å². The van der Waals surface area contributed by atoms with Gasteiger partial charge in [0.2, 0.25) is 0 Å². The van der Waals surface area contributed by atoms with Crippen molar-refractivity contribution in [2.24, 2.45) is 0 Å². The van der Waals surface area contributed by atoms with Crippen LogP contribution in [0, 0.1) is 6.92 Å². The molecule has 1 saturated heterocycles. The van der Waals surface area contributed by atoms with Gasteiger partial charge in [0.1, 0.15) is 11.8 Å². The Hall–Kier alpha value is -2.35. The van der Waals surface area contributed by atoms with Crippen molar-refractivity contribution >= 4 is 30.9 Å². The van der Waals surface area contributed by atoms with Crippen molar-refractivity contribution in [2.75, 3.05) is 6.54 Å². The number of ether oxygens (including phenoxy) is 1. The van der Waals surface area contributed by atoms with Gasteiger partial charge in [0.15, 0.2) is 0 Å². The maximum absolute atomic E-state index is 12.3. The van der Waals surface area contributed by atoms with Crippen molar-refractivity contribution in [3.8, 4) is 0 Å². The largest absolute Gasteiger partial charge is 0.492 e. The standard InChI is InChI=1S/C23H28BClN2O4/c1-16-11-20(25)26-13-18(16)12-19(24-30-22(2,3)23(4,5)31-24)14-27-21(28)29-15-17-9-7-6-8-10-17/h6-13H,14-15H2,1-5H3,(H,27,28). The Morgan fingerprint density at radius 1 is 1.19 bits per heavy atom. The molecule has 1 amide bonds. The minimum atomic E-state index is -0.616. The summed E-state index contributed by atoms with van der Waals surface area (Å²) in [5, 5.41) is 3.23. The third-order valence-corrected chi connectivity index (χ3v) is 5.87. The van der Waals surface area contributed by atoms with Gasteiger partial charge in [-0.1, -0.05) is 48.0 Å². The number of pyridine rings is 1. The van der Waals surface area contributed by atoms with Crippen LogP contribution in [0.5, 0.6) is 0 Å². The van der Waals surface area contributed by atoms with Crippen molar-refractivity contribution in [3.63, 3.8) is 0 Å². The first-order chi connectivity index (χ1) is 14.6. The molecule has 1 N–H and O–H groups in total. The third-order valence-electron chi connectivity index (χ3n) is 5.66. The maximum atomic E-state index is 12.3. The number of hydrogen-bond acceptors (Lipinski definition) is 5. The van der Waals surface area contributed by atoms with E-state index in [0.29, 0.717) is 5.15 Å². The zero-order valence-corrected chi connectivity index (χ0v) is 19.3. The van der Waals surface area contributed by atoms with Gasteiger partial charge in [-0.2, -0.15) is 0 Å². The van der Waals surface area contributed by atoms with Crippen LogP contribution in [0.1, 0.15) is 44.4 Å². The highest BCUT2D eigenvalue weighted by molar-refractivity contribution is 6.56. The molecule has 1 aromatic carbocycles. The summed E-state index contributed by atoms with van der Waals surface area (Å²) in [6, 6.07) is 11.3. The molecule has 1 fully saturated rings. The van der Waals surface area contributed by atoms with Crippen molar-refractivity contribution in [1.82, 2.24) is 10.3 Å². The molecule has 0 spiro atoms. The molecule has 164 valence electrons. The summed E-state index contributed by atoms with van der Waals surface area (Å²) in [5.41, 5.74) is 2.49. The van der Waals surface area contributed by atoms with Crippen LogP contribution in [0.2, 0.25) is 5.15 Å². The molecule has 3 rings (SSSR count). The van der Waals surface area contributed by atoms with Crippen molar-refractivity contribution in [3.05, 3.63) is 69.9 Å². The van der Waals surface area contributed by atoms with Gasteiger partial charge in [-0.15, -0.1) is 0 Å². The molecule has 2 heterocycles. The summed E-state index contributed by atoms with van der Waals surface area (Å²) in [6.07, 6.45) is 3.09. The molecule has 1 aliphatic rings. The number of amides is 1. The number of aromatic nitrogens is 1. The molecular formula is C23H28BClN2O4. The topological polar surface area (TPSA) is 69.7 Å². The van der Waals surface area contributed by atoms with E-state index >= 15 is 0 Å². The van der Waals surface area contributed by atoms with Gasteiger partial charge in [0.25, 0.3) is 0 Å².